The van der Waals surface area contributed by atoms with Gasteiger partial charge < -0.3 is 9.30 Å². The van der Waals surface area contributed by atoms with Gasteiger partial charge in [0.1, 0.15) is 6.54 Å². The summed E-state index contributed by atoms with van der Waals surface area (Å²) in [5, 5.41) is 1.12. The number of allylic oxidation sites excluding steroid dienone is 3. The molecule has 0 atom stereocenters. The van der Waals surface area contributed by atoms with Crippen molar-refractivity contribution in [3.63, 3.8) is 0 Å². The van der Waals surface area contributed by atoms with Crippen LogP contribution in [0.25, 0.3) is 28.2 Å². The fourth-order valence-electron chi connectivity index (χ4n) is 4.51. The van der Waals surface area contributed by atoms with Crippen LogP contribution in [-0.4, -0.2) is 17.1 Å². The minimum absolute atomic E-state index is 0.0659. The molecule has 178 valence electrons. The van der Waals surface area contributed by atoms with Gasteiger partial charge in [0.15, 0.2) is 0 Å². The van der Waals surface area contributed by atoms with Crippen LogP contribution < -0.4 is 0 Å². The topological polar surface area (TPSA) is 31.2 Å². The number of esters is 1. The van der Waals surface area contributed by atoms with Gasteiger partial charge >= 0.3 is 5.97 Å². The predicted molar refractivity (Wildman–Crippen MR) is 146 cm³/mol. The second-order valence-corrected chi connectivity index (χ2v) is 9.28. The zero-order valence-corrected chi connectivity index (χ0v) is 20.8. The Bertz CT molecular complexity index is 1330. The minimum Gasteiger partial charge on any atom is -0.465 e. The van der Waals surface area contributed by atoms with Gasteiger partial charge in [-0.3, -0.25) is 4.79 Å². The van der Waals surface area contributed by atoms with E-state index < -0.39 is 0 Å². The Labute approximate surface area is 208 Å². The van der Waals surface area contributed by atoms with Gasteiger partial charge in [-0.1, -0.05) is 117 Å². The van der Waals surface area contributed by atoms with E-state index in [1.54, 1.807) is 0 Å². The highest BCUT2D eigenvalue weighted by Gasteiger charge is 2.19. The number of nitrogens with zero attached hydrogens (tertiary/aromatic N) is 1. The van der Waals surface area contributed by atoms with Crippen molar-refractivity contribution in [2.75, 3.05) is 6.61 Å². The molecular weight excluding hydrogens is 430 g/mol. The van der Waals surface area contributed by atoms with Gasteiger partial charge in [0.25, 0.3) is 0 Å². The molecule has 3 heteroatoms. The summed E-state index contributed by atoms with van der Waals surface area (Å²) >= 11 is 0. The average molecular weight is 464 g/mol. The monoisotopic (exact) mass is 463 g/mol. The Hall–Kier alpha value is -3.85. The third-order valence-corrected chi connectivity index (χ3v) is 6.34. The molecule has 0 aliphatic rings. The van der Waals surface area contributed by atoms with E-state index in [0.717, 1.165) is 34.1 Å². The van der Waals surface area contributed by atoms with Crippen LogP contribution in [-0.2, 0) is 21.5 Å². The number of ether oxygens (including phenoxy) is 1. The van der Waals surface area contributed by atoms with E-state index in [4.69, 9.17) is 4.74 Å². The Morgan fingerprint density at radius 3 is 2.26 bits per heavy atom. The van der Waals surface area contributed by atoms with Crippen molar-refractivity contribution in [3.8, 4) is 11.3 Å². The quantitative estimate of drug-likeness (QED) is 0.187. The van der Waals surface area contributed by atoms with Crippen molar-refractivity contribution in [1.82, 2.24) is 4.57 Å². The van der Waals surface area contributed by atoms with Gasteiger partial charge in [-0.2, -0.15) is 0 Å². The van der Waals surface area contributed by atoms with Crippen molar-refractivity contribution in [1.29, 1.82) is 0 Å². The Balaban J connectivity index is 1.69. The van der Waals surface area contributed by atoms with Crippen LogP contribution in [0.2, 0.25) is 0 Å². The molecule has 4 aromatic rings. The highest BCUT2D eigenvalue weighted by Crippen LogP contribution is 2.35. The van der Waals surface area contributed by atoms with Crippen molar-refractivity contribution >= 4 is 22.9 Å². The first-order chi connectivity index (χ1) is 17.0. The number of carbonyl (C=O) groups is 1. The molecule has 0 saturated carbocycles. The fourth-order valence-corrected chi connectivity index (χ4v) is 4.51. The zero-order chi connectivity index (χ0) is 24.7. The lowest BCUT2D eigenvalue weighted by atomic mass is 9.81. The largest absolute Gasteiger partial charge is 0.465 e. The molecule has 0 unspecified atom stereocenters. The summed E-state index contributed by atoms with van der Waals surface area (Å²) in [5.74, 6) is -0.232. The zero-order valence-electron chi connectivity index (χ0n) is 20.8. The van der Waals surface area contributed by atoms with E-state index in [0.29, 0.717) is 6.61 Å². The summed E-state index contributed by atoms with van der Waals surface area (Å²) in [7, 11) is 0. The first-order valence-corrected chi connectivity index (χ1v) is 12.2. The third kappa shape index (κ3) is 5.63. The smallest absolute Gasteiger partial charge is 0.325 e. The molecule has 0 bridgehead atoms. The van der Waals surface area contributed by atoms with E-state index in [9.17, 15) is 4.79 Å². The van der Waals surface area contributed by atoms with Crippen LogP contribution in [0.5, 0.6) is 0 Å². The van der Waals surface area contributed by atoms with Crippen LogP contribution in [0.4, 0.5) is 0 Å². The highest BCUT2D eigenvalue weighted by molar-refractivity contribution is 5.98. The number of hydrogen-bond acceptors (Lipinski definition) is 2. The Morgan fingerprint density at radius 2 is 1.54 bits per heavy atom. The molecule has 0 amide bonds. The molecule has 0 radical (unpaired) electrons. The molecule has 0 spiro atoms. The summed E-state index contributed by atoms with van der Waals surface area (Å²) in [5.41, 5.74) is 5.62. The van der Waals surface area contributed by atoms with Crippen LogP contribution in [0.15, 0.2) is 103 Å². The third-order valence-electron chi connectivity index (χ3n) is 6.34. The molecule has 3 nitrogen and oxygen atoms in total. The molecule has 0 aliphatic carbocycles. The fraction of sp³-hybridized carbons (Fsp3) is 0.219. The second kappa shape index (κ2) is 11.1. The van der Waals surface area contributed by atoms with Gasteiger partial charge in [0.2, 0.25) is 0 Å². The molecule has 0 fully saturated rings. The van der Waals surface area contributed by atoms with Gasteiger partial charge in [-0.15, -0.1) is 0 Å². The molecular formula is C32H33NO2. The van der Waals surface area contributed by atoms with Gasteiger partial charge in [0, 0.05) is 16.5 Å². The lowest BCUT2D eigenvalue weighted by molar-refractivity contribution is -0.143. The van der Waals surface area contributed by atoms with Crippen molar-refractivity contribution < 1.29 is 9.53 Å². The Kier molecular flexibility index (Phi) is 7.67. The van der Waals surface area contributed by atoms with Crippen LogP contribution in [0, 0.1) is 0 Å². The number of para-hydroxylation sites is 1. The Morgan fingerprint density at radius 1 is 0.886 bits per heavy atom. The molecule has 0 aliphatic heterocycles. The molecule has 1 heterocycles. The standard InChI is InChI=1S/C32H33NO2/c1-4-35-30(34)24-33-29-22-14-13-20-27(29)28(31(33)25-16-8-5-9-17-25)21-12-7-15-23-32(2,3)26-18-10-6-11-19-26/h5-22H,4,23-24H2,1-3H3/b15-7+,21-12+. The average Bonchev–Trinajstić information content (AvgIpc) is 3.18. The van der Waals surface area contributed by atoms with E-state index in [1.807, 2.05) is 37.3 Å². The predicted octanol–water partition coefficient (Wildman–Crippen LogP) is 7.81. The number of aromatic nitrogens is 1. The van der Waals surface area contributed by atoms with Crippen LogP contribution in [0.1, 0.15) is 38.3 Å². The molecule has 3 aromatic carbocycles. The van der Waals surface area contributed by atoms with E-state index in [1.165, 1.54) is 5.56 Å². The van der Waals surface area contributed by atoms with Gasteiger partial charge in [-0.05, 0) is 36.0 Å². The van der Waals surface area contributed by atoms with Gasteiger partial charge in [-0.25, -0.2) is 0 Å². The maximum atomic E-state index is 12.5. The maximum Gasteiger partial charge on any atom is 0.325 e. The number of carbonyl (C=O) groups excluding carboxylic acids is 1. The van der Waals surface area contributed by atoms with E-state index >= 15 is 0 Å². The SMILES string of the molecule is CCOC(=O)Cn1c(-c2ccccc2)c(/C=C/C=C/CC(C)(C)c2ccccc2)c2ccccc21. The lowest BCUT2D eigenvalue weighted by Crippen LogP contribution is -2.15. The normalized spacial score (nSPS) is 12.1. The lowest BCUT2D eigenvalue weighted by Gasteiger charge is -2.23. The number of hydrogen-bond donors (Lipinski definition) is 0. The summed E-state index contributed by atoms with van der Waals surface area (Å²) in [6.45, 7) is 6.92. The molecule has 0 N–H and O–H groups in total. The molecule has 0 saturated heterocycles. The number of fused-ring (bicyclic) bond motifs is 1. The second-order valence-electron chi connectivity index (χ2n) is 9.28. The highest BCUT2D eigenvalue weighted by atomic mass is 16.5. The van der Waals surface area contributed by atoms with Crippen LogP contribution >= 0.6 is 0 Å². The van der Waals surface area contributed by atoms with E-state index in [-0.39, 0.29) is 17.9 Å². The molecule has 35 heavy (non-hydrogen) atoms. The van der Waals surface area contributed by atoms with Crippen molar-refractivity contribution in [2.24, 2.45) is 0 Å². The number of rotatable bonds is 9. The summed E-state index contributed by atoms with van der Waals surface area (Å²) in [6, 6.07) is 29.1. The first kappa shape index (κ1) is 24.3. The number of benzene rings is 3. The summed E-state index contributed by atoms with van der Waals surface area (Å²) < 4.78 is 7.36. The van der Waals surface area contributed by atoms with E-state index in [2.05, 4.69) is 97.3 Å². The van der Waals surface area contributed by atoms with Crippen molar-refractivity contribution in [2.45, 2.75) is 39.2 Å². The summed E-state index contributed by atoms with van der Waals surface area (Å²) in [4.78, 5) is 12.5. The van der Waals surface area contributed by atoms with Crippen LogP contribution in [0.3, 0.4) is 0 Å². The minimum atomic E-state index is -0.232. The maximum absolute atomic E-state index is 12.5. The van der Waals surface area contributed by atoms with Crippen molar-refractivity contribution in [3.05, 3.63) is 114 Å². The molecule has 4 rings (SSSR count). The summed E-state index contributed by atoms with van der Waals surface area (Å²) in [6.07, 6.45) is 9.54. The molecule has 1 aromatic heterocycles. The van der Waals surface area contributed by atoms with Gasteiger partial charge in [0.05, 0.1) is 12.3 Å². The first-order valence-electron chi connectivity index (χ1n) is 12.2.